The van der Waals surface area contributed by atoms with E-state index in [1.54, 1.807) is 0 Å². The number of sulfonamides is 1. The highest BCUT2D eigenvalue weighted by molar-refractivity contribution is 7.89. The van der Waals surface area contributed by atoms with Crippen molar-refractivity contribution in [3.8, 4) is 0 Å². The van der Waals surface area contributed by atoms with Gasteiger partial charge in [0.2, 0.25) is 10.0 Å². The van der Waals surface area contributed by atoms with Crippen LogP contribution in [0.4, 0.5) is 5.69 Å². The van der Waals surface area contributed by atoms with Crippen LogP contribution in [0.2, 0.25) is 0 Å². The number of hydrogen-bond donors (Lipinski definition) is 0. The highest BCUT2D eigenvalue weighted by atomic mass is 32.2. The molecule has 0 saturated carbocycles. The number of esters is 1. The van der Waals surface area contributed by atoms with E-state index in [4.69, 9.17) is 4.74 Å². The molecule has 8 nitrogen and oxygen atoms in total. The van der Waals surface area contributed by atoms with Crippen LogP contribution < -0.4 is 0 Å². The van der Waals surface area contributed by atoms with Crippen LogP contribution in [0.1, 0.15) is 36.2 Å². The van der Waals surface area contributed by atoms with Crippen LogP contribution in [0, 0.1) is 22.0 Å². The first-order valence-corrected chi connectivity index (χ1v) is 11.1. The summed E-state index contributed by atoms with van der Waals surface area (Å²) >= 11 is 0. The summed E-state index contributed by atoms with van der Waals surface area (Å²) in [5.41, 5.74) is 0.803. The van der Waals surface area contributed by atoms with Crippen LogP contribution in [0.3, 0.4) is 0 Å². The molecule has 0 aromatic heterocycles. The quantitative estimate of drug-likeness (QED) is 0.392. The first-order valence-electron chi connectivity index (χ1n) is 9.67. The number of rotatable bonds is 6. The van der Waals surface area contributed by atoms with E-state index in [1.165, 1.54) is 52.8 Å². The van der Waals surface area contributed by atoms with Crippen molar-refractivity contribution in [3.63, 3.8) is 0 Å². The second-order valence-corrected chi connectivity index (χ2v) is 9.73. The molecule has 0 N–H and O–H groups in total. The molecular formula is C21H24N2O6S. The number of benzene rings is 2. The zero-order chi connectivity index (χ0) is 21.9. The first kappa shape index (κ1) is 21.9. The largest absolute Gasteiger partial charge is 0.457 e. The molecule has 1 fully saturated rings. The van der Waals surface area contributed by atoms with Gasteiger partial charge < -0.3 is 4.74 Å². The van der Waals surface area contributed by atoms with Crippen LogP contribution in [-0.4, -0.2) is 36.7 Å². The second-order valence-electron chi connectivity index (χ2n) is 7.79. The van der Waals surface area contributed by atoms with Crippen molar-refractivity contribution in [2.75, 3.05) is 13.1 Å². The molecule has 0 spiro atoms. The van der Waals surface area contributed by atoms with Gasteiger partial charge in [-0.1, -0.05) is 13.8 Å². The number of carbonyl (C=O) groups excluding carboxylic acids is 1. The molecule has 2 atom stereocenters. The highest BCUT2D eigenvalue weighted by Crippen LogP contribution is 2.27. The summed E-state index contributed by atoms with van der Waals surface area (Å²) in [7, 11) is -3.61. The van der Waals surface area contributed by atoms with Crippen molar-refractivity contribution in [2.24, 2.45) is 11.8 Å². The van der Waals surface area contributed by atoms with Gasteiger partial charge >= 0.3 is 5.97 Å². The van der Waals surface area contributed by atoms with Gasteiger partial charge in [0.25, 0.3) is 5.69 Å². The molecule has 160 valence electrons. The SMILES string of the molecule is CC1CC(C)CN(S(=O)(=O)c2ccc(C(=O)OCc3ccc([N+](=O)[O-])cc3)cc2)C1. The summed E-state index contributed by atoms with van der Waals surface area (Å²) in [6, 6.07) is 11.4. The second kappa shape index (κ2) is 8.93. The molecule has 0 radical (unpaired) electrons. The Morgan fingerprint density at radius 1 is 1.07 bits per heavy atom. The van der Waals surface area contributed by atoms with E-state index in [9.17, 15) is 23.3 Å². The molecule has 2 unspecified atom stereocenters. The summed E-state index contributed by atoms with van der Waals surface area (Å²) in [6.45, 7) is 5.03. The number of nitro groups is 1. The third-order valence-corrected chi connectivity index (χ3v) is 6.93. The fourth-order valence-corrected chi connectivity index (χ4v) is 5.34. The third-order valence-electron chi connectivity index (χ3n) is 5.08. The number of carbonyl (C=O) groups is 1. The van der Waals surface area contributed by atoms with E-state index >= 15 is 0 Å². The summed E-state index contributed by atoms with van der Waals surface area (Å²) in [5, 5.41) is 10.7. The minimum atomic E-state index is -3.61. The lowest BCUT2D eigenvalue weighted by molar-refractivity contribution is -0.384. The summed E-state index contributed by atoms with van der Waals surface area (Å²) in [5.74, 6) is 0.00640. The third kappa shape index (κ3) is 5.03. The van der Waals surface area contributed by atoms with E-state index < -0.39 is 20.9 Å². The van der Waals surface area contributed by atoms with Gasteiger partial charge in [-0.3, -0.25) is 10.1 Å². The van der Waals surface area contributed by atoms with Crippen molar-refractivity contribution in [1.82, 2.24) is 4.31 Å². The van der Waals surface area contributed by atoms with Crippen molar-refractivity contribution in [1.29, 1.82) is 0 Å². The van der Waals surface area contributed by atoms with E-state index in [1.807, 2.05) is 13.8 Å². The highest BCUT2D eigenvalue weighted by Gasteiger charge is 2.31. The molecule has 3 rings (SSSR count). The molecule has 0 amide bonds. The van der Waals surface area contributed by atoms with Crippen LogP contribution in [0.5, 0.6) is 0 Å². The molecule has 1 aliphatic rings. The average molecular weight is 432 g/mol. The lowest BCUT2D eigenvalue weighted by Crippen LogP contribution is -2.42. The van der Waals surface area contributed by atoms with Gasteiger partial charge in [-0.25, -0.2) is 13.2 Å². The van der Waals surface area contributed by atoms with E-state index in [2.05, 4.69) is 0 Å². The van der Waals surface area contributed by atoms with Gasteiger partial charge in [0, 0.05) is 25.2 Å². The number of hydrogen-bond acceptors (Lipinski definition) is 6. The lowest BCUT2D eigenvalue weighted by atomic mass is 9.94. The number of piperidine rings is 1. The molecule has 2 aromatic rings. The fraction of sp³-hybridized carbons (Fsp3) is 0.381. The maximum Gasteiger partial charge on any atom is 0.338 e. The average Bonchev–Trinajstić information content (AvgIpc) is 2.71. The minimum absolute atomic E-state index is 0.0412. The molecular weight excluding hydrogens is 408 g/mol. The standard InChI is InChI=1S/C21H24N2O6S/c1-15-11-16(2)13-22(12-15)30(27,28)20-9-5-18(6-10-20)21(24)29-14-17-3-7-19(8-4-17)23(25)26/h3-10,15-16H,11-14H2,1-2H3. The number of ether oxygens (including phenoxy) is 1. The van der Waals surface area contributed by atoms with Crippen molar-refractivity contribution in [2.45, 2.75) is 31.8 Å². The number of nitrogens with zero attached hydrogens (tertiary/aromatic N) is 2. The smallest absolute Gasteiger partial charge is 0.338 e. The zero-order valence-electron chi connectivity index (χ0n) is 16.9. The summed E-state index contributed by atoms with van der Waals surface area (Å²) in [6.07, 6.45) is 1.01. The molecule has 1 aliphatic heterocycles. The Bertz CT molecular complexity index is 1010. The lowest BCUT2D eigenvalue weighted by Gasteiger charge is -2.34. The van der Waals surface area contributed by atoms with Gasteiger partial charge in [-0.05, 0) is 60.2 Å². The van der Waals surface area contributed by atoms with Crippen molar-refractivity contribution < 1.29 is 22.9 Å². The Hall–Kier alpha value is -2.78. The van der Waals surface area contributed by atoms with Crippen LogP contribution in [-0.2, 0) is 21.4 Å². The molecule has 30 heavy (non-hydrogen) atoms. The molecule has 9 heteroatoms. The predicted octanol–water partition coefficient (Wildman–Crippen LogP) is 3.62. The van der Waals surface area contributed by atoms with Gasteiger partial charge in [-0.2, -0.15) is 4.31 Å². The van der Waals surface area contributed by atoms with Crippen molar-refractivity contribution >= 4 is 21.7 Å². The molecule has 1 saturated heterocycles. The fourth-order valence-electron chi connectivity index (χ4n) is 3.66. The van der Waals surface area contributed by atoms with Gasteiger partial charge in [0.15, 0.2) is 0 Å². The van der Waals surface area contributed by atoms with E-state index in [0.29, 0.717) is 30.5 Å². The Labute approximate surface area is 175 Å². The number of nitro benzene ring substituents is 1. The minimum Gasteiger partial charge on any atom is -0.457 e. The van der Waals surface area contributed by atoms with Gasteiger partial charge in [0.1, 0.15) is 6.61 Å². The molecule has 0 bridgehead atoms. The van der Waals surface area contributed by atoms with E-state index in [-0.39, 0.29) is 22.8 Å². The molecule has 1 heterocycles. The van der Waals surface area contributed by atoms with Crippen LogP contribution in [0.25, 0.3) is 0 Å². The maximum absolute atomic E-state index is 12.9. The predicted molar refractivity (Wildman–Crippen MR) is 110 cm³/mol. The monoisotopic (exact) mass is 432 g/mol. The Morgan fingerprint density at radius 2 is 1.63 bits per heavy atom. The van der Waals surface area contributed by atoms with Crippen LogP contribution >= 0.6 is 0 Å². The van der Waals surface area contributed by atoms with Gasteiger partial charge in [-0.15, -0.1) is 0 Å². The Morgan fingerprint density at radius 3 is 2.17 bits per heavy atom. The van der Waals surface area contributed by atoms with E-state index in [0.717, 1.165) is 6.42 Å². The topological polar surface area (TPSA) is 107 Å². The normalized spacial score (nSPS) is 19.9. The summed E-state index contributed by atoms with van der Waals surface area (Å²) < 4.78 is 32.5. The molecule has 2 aromatic carbocycles. The first-order chi connectivity index (χ1) is 14.2. The Kier molecular flexibility index (Phi) is 6.52. The van der Waals surface area contributed by atoms with Gasteiger partial charge in [0.05, 0.1) is 15.4 Å². The number of non-ortho nitro benzene ring substituents is 1. The zero-order valence-corrected chi connectivity index (χ0v) is 17.7. The Balaban J connectivity index is 1.64. The van der Waals surface area contributed by atoms with Crippen molar-refractivity contribution in [3.05, 3.63) is 69.8 Å². The molecule has 0 aliphatic carbocycles. The van der Waals surface area contributed by atoms with Crippen LogP contribution in [0.15, 0.2) is 53.4 Å². The summed E-state index contributed by atoms with van der Waals surface area (Å²) in [4.78, 5) is 22.6. The maximum atomic E-state index is 12.9.